The maximum Gasteiger partial charge on any atom is 0.165 e. The van der Waals surface area contributed by atoms with Crippen LogP contribution in [-0.2, 0) is 0 Å². The van der Waals surface area contributed by atoms with Crippen LogP contribution in [0.1, 0.15) is 97.3 Å². The molecule has 162 valence electrons. The Bertz CT molecular complexity index is 1280. The first kappa shape index (κ1) is 18.4. The van der Waals surface area contributed by atoms with Gasteiger partial charge >= 0.3 is 0 Å². The van der Waals surface area contributed by atoms with Crippen molar-refractivity contribution in [2.45, 2.75) is 75.0 Å². The Morgan fingerprint density at radius 1 is 0.688 bits per heavy atom. The third-order valence-corrected chi connectivity index (χ3v) is 10.2. The van der Waals surface area contributed by atoms with Crippen molar-refractivity contribution < 1.29 is 4.74 Å². The molecule has 2 nitrogen and oxygen atoms in total. The maximum absolute atomic E-state index is 6.40. The third-order valence-electron chi connectivity index (χ3n) is 9.41. The summed E-state index contributed by atoms with van der Waals surface area (Å²) < 4.78 is 7.80. The minimum atomic E-state index is 0.603. The van der Waals surface area contributed by atoms with Gasteiger partial charge in [-0.25, -0.2) is 0 Å². The molecule has 0 atom stereocenters. The van der Waals surface area contributed by atoms with E-state index in [4.69, 9.17) is 4.74 Å². The molecule has 1 aliphatic heterocycles. The molecule has 0 spiro atoms. The van der Waals surface area contributed by atoms with Gasteiger partial charge in [0.2, 0.25) is 0 Å². The Kier molecular flexibility index (Phi) is 3.76. The Hall–Kier alpha value is -2.00. The lowest BCUT2D eigenvalue weighted by Crippen LogP contribution is -2.35. The molecule has 3 heteroatoms. The zero-order valence-electron chi connectivity index (χ0n) is 18.4. The van der Waals surface area contributed by atoms with Crippen molar-refractivity contribution in [3.05, 3.63) is 63.1 Å². The number of hydrogen-bond donors (Lipinski definition) is 0. The second-order valence-electron chi connectivity index (χ2n) is 10.7. The van der Waals surface area contributed by atoms with E-state index in [1.807, 2.05) is 0 Å². The van der Waals surface area contributed by atoms with Crippen molar-refractivity contribution in [2.24, 2.45) is 0 Å². The van der Waals surface area contributed by atoms with Crippen LogP contribution in [0.5, 0.6) is 5.75 Å². The minimum Gasteiger partial charge on any atom is -0.472 e. The SMILES string of the molecule is Brc1c2c(c3c(c1N1COc4cccc5cccc1c45)C1CCC3CC1)C1CCC2CC1. The van der Waals surface area contributed by atoms with E-state index >= 15 is 0 Å². The van der Waals surface area contributed by atoms with Crippen molar-refractivity contribution in [1.29, 1.82) is 0 Å². The molecule has 0 aromatic heterocycles. The molecule has 1 heterocycles. The van der Waals surface area contributed by atoms with Crippen molar-refractivity contribution in [1.82, 2.24) is 0 Å². The second-order valence-corrected chi connectivity index (χ2v) is 11.5. The van der Waals surface area contributed by atoms with E-state index in [1.54, 1.807) is 22.3 Å². The summed E-state index contributed by atoms with van der Waals surface area (Å²) in [5, 5.41) is 2.54. The Balaban J connectivity index is 1.45. The molecule has 32 heavy (non-hydrogen) atoms. The molecule has 4 bridgehead atoms. The van der Waals surface area contributed by atoms with Gasteiger partial charge in [0, 0.05) is 9.86 Å². The highest BCUT2D eigenvalue weighted by molar-refractivity contribution is 9.10. The number of fused-ring (bicyclic) bond motifs is 4. The van der Waals surface area contributed by atoms with E-state index < -0.39 is 0 Å². The van der Waals surface area contributed by atoms with Crippen LogP contribution in [0.25, 0.3) is 10.8 Å². The normalized spacial score (nSPS) is 29.1. The topological polar surface area (TPSA) is 12.5 Å². The predicted molar refractivity (Wildman–Crippen MR) is 134 cm³/mol. The van der Waals surface area contributed by atoms with Gasteiger partial charge in [-0.05, 0) is 131 Å². The fourth-order valence-corrected chi connectivity index (χ4v) is 9.07. The highest BCUT2D eigenvalue weighted by Gasteiger charge is 2.45. The predicted octanol–water partition coefficient (Wildman–Crippen LogP) is 8.60. The van der Waals surface area contributed by atoms with E-state index in [1.165, 1.54) is 78.0 Å². The molecule has 2 fully saturated rings. The largest absolute Gasteiger partial charge is 0.472 e. The molecule has 6 aliphatic carbocycles. The molecule has 0 N–H and O–H groups in total. The molecular weight excluding hydrogens is 458 g/mol. The summed E-state index contributed by atoms with van der Waals surface area (Å²) in [4.78, 5) is 2.52. The summed E-state index contributed by atoms with van der Waals surface area (Å²) in [7, 11) is 0. The van der Waals surface area contributed by atoms with E-state index in [0.29, 0.717) is 12.6 Å². The molecule has 10 rings (SSSR count). The summed E-state index contributed by atoms with van der Waals surface area (Å²) >= 11 is 4.25. The summed E-state index contributed by atoms with van der Waals surface area (Å²) in [6.07, 6.45) is 11.1. The molecule has 0 saturated heterocycles. The lowest BCUT2D eigenvalue weighted by Gasteiger charge is -2.49. The molecule has 0 unspecified atom stereocenters. The lowest BCUT2D eigenvalue weighted by atomic mass is 9.58. The van der Waals surface area contributed by atoms with Gasteiger partial charge in [-0.15, -0.1) is 0 Å². The van der Waals surface area contributed by atoms with Gasteiger partial charge in [0.1, 0.15) is 5.75 Å². The lowest BCUT2D eigenvalue weighted by molar-refractivity contribution is 0.314. The monoisotopic (exact) mass is 485 g/mol. The summed E-state index contributed by atoms with van der Waals surface area (Å²) in [5.41, 5.74) is 9.72. The first-order valence-corrected chi connectivity index (χ1v) is 13.4. The van der Waals surface area contributed by atoms with Crippen LogP contribution in [0.2, 0.25) is 0 Å². The van der Waals surface area contributed by atoms with Gasteiger partial charge in [-0.1, -0.05) is 24.3 Å². The fraction of sp³-hybridized carbons (Fsp3) is 0.448. The summed E-state index contributed by atoms with van der Waals surface area (Å²) in [5.74, 6) is 4.06. The zero-order chi connectivity index (χ0) is 21.0. The number of benzene rings is 3. The summed E-state index contributed by atoms with van der Waals surface area (Å²) in [6.45, 7) is 0.603. The average molecular weight is 486 g/mol. The van der Waals surface area contributed by atoms with Gasteiger partial charge in [-0.3, -0.25) is 0 Å². The van der Waals surface area contributed by atoms with E-state index in [2.05, 4.69) is 57.2 Å². The van der Waals surface area contributed by atoms with E-state index in [0.717, 1.165) is 23.5 Å². The highest BCUT2D eigenvalue weighted by Crippen LogP contribution is 2.63. The Labute approximate surface area is 198 Å². The average Bonchev–Trinajstić information content (AvgIpc) is 2.86. The van der Waals surface area contributed by atoms with Crippen molar-refractivity contribution in [3.63, 3.8) is 0 Å². The quantitative estimate of drug-likeness (QED) is 0.342. The van der Waals surface area contributed by atoms with Crippen LogP contribution >= 0.6 is 15.9 Å². The molecule has 0 amide bonds. The van der Waals surface area contributed by atoms with E-state index in [-0.39, 0.29) is 0 Å². The number of ether oxygens (including phenoxy) is 1. The van der Waals surface area contributed by atoms with Crippen LogP contribution in [0.4, 0.5) is 11.4 Å². The van der Waals surface area contributed by atoms with Gasteiger partial charge in [-0.2, -0.15) is 0 Å². The minimum absolute atomic E-state index is 0.603. The first-order chi connectivity index (χ1) is 15.8. The van der Waals surface area contributed by atoms with Crippen molar-refractivity contribution >= 4 is 38.1 Å². The van der Waals surface area contributed by atoms with Crippen molar-refractivity contribution in [2.75, 3.05) is 11.6 Å². The molecule has 3 aromatic carbocycles. The third kappa shape index (κ3) is 2.26. The second kappa shape index (κ2) is 6.53. The maximum atomic E-state index is 6.40. The molecule has 7 aliphatic rings. The zero-order valence-corrected chi connectivity index (χ0v) is 20.0. The van der Waals surface area contributed by atoms with Crippen LogP contribution in [0, 0.1) is 0 Å². The Morgan fingerprint density at radius 3 is 1.94 bits per heavy atom. The van der Waals surface area contributed by atoms with Crippen molar-refractivity contribution in [3.8, 4) is 5.75 Å². The highest BCUT2D eigenvalue weighted by atomic mass is 79.9. The van der Waals surface area contributed by atoms with Crippen LogP contribution < -0.4 is 9.64 Å². The number of rotatable bonds is 1. The number of nitrogens with zero attached hydrogens (tertiary/aromatic N) is 1. The van der Waals surface area contributed by atoms with Gasteiger partial charge < -0.3 is 9.64 Å². The standard InChI is InChI=1S/C29H28BrNO/c30-28-26-19-11-7-17(8-12-19)24(26)25-18-9-13-20(14-10-18)27(25)29(28)31-15-32-22-6-2-4-16-3-1-5-21(31)23(16)22/h1-6,17-20H,7-15H2. The number of anilines is 2. The van der Waals surface area contributed by atoms with Gasteiger partial charge in [0.05, 0.1) is 11.4 Å². The molecule has 0 radical (unpaired) electrons. The smallest absolute Gasteiger partial charge is 0.165 e. The molecular formula is C29H28BrNO. The number of halogens is 1. The molecule has 2 saturated carbocycles. The first-order valence-electron chi connectivity index (χ1n) is 12.6. The Morgan fingerprint density at radius 2 is 1.25 bits per heavy atom. The number of hydrogen-bond acceptors (Lipinski definition) is 2. The molecule has 3 aromatic rings. The van der Waals surface area contributed by atoms with Gasteiger partial charge in [0.25, 0.3) is 0 Å². The fourth-order valence-electron chi connectivity index (χ4n) is 8.10. The van der Waals surface area contributed by atoms with Crippen LogP contribution in [0.3, 0.4) is 0 Å². The van der Waals surface area contributed by atoms with Gasteiger partial charge in [0.15, 0.2) is 6.73 Å². The summed E-state index contributed by atoms with van der Waals surface area (Å²) in [6, 6.07) is 13.2. The van der Waals surface area contributed by atoms with E-state index in [9.17, 15) is 0 Å². The van der Waals surface area contributed by atoms with Crippen LogP contribution in [0.15, 0.2) is 40.9 Å². The van der Waals surface area contributed by atoms with Crippen LogP contribution in [-0.4, -0.2) is 6.73 Å².